The third kappa shape index (κ3) is 1.31. The van der Waals surface area contributed by atoms with Crippen molar-refractivity contribution in [1.82, 2.24) is 0 Å². The Bertz CT molecular complexity index is 501. The highest BCUT2D eigenvalue weighted by Crippen LogP contribution is 2.33. The summed E-state index contributed by atoms with van der Waals surface area (Å²) in [7, 11) is 0. The number of rotatable bonds is 2. The van der Waals surface area contributed by atoms with Crippen LogP contribution in [0.1, 0.15) is 27.6 Å². The lowest BCUT2D eigenvalue weighted by Gasteiger charge is -2.19. The van der Waals surface area contributed by atoms with Crippen molar-refractivity contribution < 1.29 is 19.6 Å². The first-order valence-corrected chi connectivity index (χ1v) is 4.95. The molecule has 1 unspecified atom stereocenters. The van der Waals surface area contributed by atoms with Crippen molar-refractivity contribution in [2.45, 2.75) is 18.6 Å². The summed E-state index contributed by atoms with van der Waals surface area (Å²) in [5, 5.41) is 20.7. The largest absolute Gasteiger partial charge is 0.369 e. The second kappa shape index (κ2) is 3.46. The lowest BCUT2D eigenvalue weighted by molar-refractivity contribution is -0.531. The predicted octanol–water partition coefficient (Wildman–Crippen LogP) is 0.462. The number of aliphatic hydroxyl groups is 1. The Morgan fingerprint density at radius 2 is 1.65 bits per heavy atom. The summed E-state index contributed by atoms with van der Waals surface area (Å²) in [5.74, 6) is -1.80. The smallest absolute Gasteiger partial charge is 0.258 e. The molecule has 0 radical (unpaired) electrons. The normalized spacial score (nSPS) is 18.9. The maximum Gasteiger partial charge on any atom is 0.258 e. The first-order chi connectivity index (χ1) is 7.90. The van der Waals surface area contributed by atoms with E-state index in [4.69, 9.17) is 0 Å². The predicted molar refractivity (Wildman–Crippen MR) is 56.5 cm³/mol. The monoisotopic (exact) mass is 235 g/mol. The molecule has 1 aromatic rings. The van der Waals surface area contributed by atoms with E-state index in [1.807, 2.05) is 0 Å². The number of carbonyl (C=O) groups excluding carboxylic acids is 2. The molecule has 0 fully saturated rings. The van der Waals surface area contributed by atoms with Gasteiger partial charge in [-0.05, 0) is 0 Å². The minimum absolute atomic E-state index is 0.0358. The Balaban J connectivity index is 2.60. The van der Waals surface area contributed by atoms with Crippen molar-refractivity contribution in [1.29, 1.82) is 0 Å². The standard InChI is InChI=1S/C11H9NO5/c1-6(12(16)17)11(15)9(13)7-4-2-3-5-8(7)10(11)14/h2-6,15H,1H3. The summed E-state index contributed by atoms with van der Waals surface area (Å²) in [5.41, 5.74) is -2.50. The molecule has 1 atom stereocenters. The Kier molecular flexibility index (Phi) is 2.32. The van der Waals surface area contributed by atoms with Crippen LogP contribution in [0.4, 0.5) is 0 Å². The molecular weight excluding hydrogens is 226 g/mol. The summed E-state index contributed by atoms with van der Waals surface area (Å²) in [4.78, 5) is 33.6. The molecule has 0 aromatic heterocycles. The van der Waals surface area contributed by atoms with Gasteiger partial charge >= 0.3 is 0 Å². The zero-order chi connectivity index (χ0) is 12.8. The number of carbonyl (C=O) groups is 2. The molecule has 88 valence electrons. The first-order valence-electron chi connectivity index (χ1n) is 4.95. The van der Waals surface area contributed by atoms with E-state index in [1.165, 1.54) is 24.3 Å². The molecule has 0 aliphatic heterocycles. The van der Waals surface area contributed by atoms with Crippen LogP contribution in [0.5, 0.6) is 0 Å². The molecule has 6 heteroatoms. The van der Waals surface area contributed by atoms with Crippen LogP contribution in [-0.2, 0) is 0 Å². The van der Waals surface area contributed by atoms with Gasteiger partial charge in [-0.3, -0.25) is 19.7 Å². The van der Waals surface area contributed by atoms with Crippen molar-refractivity contribution in [3.05, 3.63) is 45.5 Å². The lowest BCUT2D eigenvalue weighted by atomic mass is 9.90. The fourth-order valence-electron chi connectivity index (χ4n) is 1.92. The van der Waals surface area contributed by atoms with Crippen LogP contribution in [0.3, 0.4) is 0 Å². The van der Waals surface area contributed by atoms with Gasteiger partial charge in [-0.2, -0.15) is 0 Å². The van der Waals surface area contributed by atoms with Gasteiger partial charge in [0.1, 0.15) is 0 Å². The molecule has 6 nitrogen and oxygen atoms in total. The molecule has 1 aliphatic rings. The summed E-state index contributed by atoms with van der Waals surface area (Å²) in [6.07, 6.45) is 0. The minimum Gasteiger partial charge on any atom is -0.369 e. The van der Waals surface area contributed by atoms with Crippen LogP contribution in [0.25, 0.3) is 0 Å². The maximum atomic E-state index is 11.9. The van der Waals surface area contributed by atoms with E-state index in [0.29, 0.717) is 0 Å². The Hall–Kier alpha value is -2.08. The Morgan fingerprint density at radius 3 is 2.00 bits per heavy atom. The zero-order valence-electron chi connectivity index (χ0n) is 8.91. The van der Waals surface area contributed by atoms with Crippen LogP contribution >= 0.6 is 0 Å². The number of hydrogen-bond acceptors (Lipinski definition) is 5. The van der Waals surface area contributed by atoms with Gasteiger partial charge in [-0.25, -0.2) is 0 Å². The van der Waals surface area contributed by atoms with Gasteiger partial charge in [-0.15, -0.1) is 0 Å². The number of nitro groups is 1. The summed E-state index contributed by atoms with van der Waals surface area (Å²) >= 11 is 0. The van der Waals surface area contributed by atoms with E-state index < -0.39 is 28.1 Å². The Labute approximate surface area is 96.0 Å². The number of hydrogen-bond donors (Lipinski definition) is 1. The molecule has 2 rings (SSSR count). The fourth-order valence-corrected chi connectivity index (χ4v) is 1.92. The van der Waals surface area contributed by atoms with Gasteiger partial charge in [0.2, 0.25) is 11.6 Å². The summed E-state index contributed by atoms with van der Waals surface area (Å²) in [6, 6.07) is 4.15. The summed E-state index contributed by atoms with van der Waals surface area (Å²) in [6.45, 7) is 1.04. The quantitative estimate of drug-likeness (QED) is 0.456. The van der Waals surface area contributed by atoms with Crippen LogP contribution < -0.4 is 0 Å². The lowest BCUT2D eigenvalue weighted by Crippen LogP contribution is -2.53. The van der Waals surface area contributed by atoms with Gasteiger partial charge in [0, 0.05) is 23.0 Å². The van der Waals surface area contributed by atoms with Gasteiger partial charge < -0.3 is 5.11 Å². The molecular formula is C11H9NO5. The van der Waals surface area contributed by atoms with Crippen molar-refractivity contribution in [3.63, 3.8) is 0 Å². The Morgan fingerprint density at radius 1 is 1.24 bits per heavy atom. The molecule has 1 N–H and O–H groups in total. The number of fused-ring (bicyclic) bond motifs is 1. The summed E-state index contributed by atoms with van der Waals surface area (Å²) < 4.78 is 0. The molecule has 0 saturated carbocycles. The third-order valence-corrected chi connectivity index (χ3v) is 3.03. The van der Waals surface area contributed by atoms with Crippen LogP contribution in [0.15, 0.2) is 24.3 Å². The van der Waals surface area contributed by atoms with E-state index in [9.17, 15) is 24.8 Å². The average molecular weight is 235 g/mol. The van der Waals surface area contributed by atoms with Crippen LogP contribution in [0, 0.1) is 10.1 Å². The highest BCUT2D eigenvalue weighted by Gasteiger charge is 2.60. The molecule has 1 aromatic carbocycles. The topological polar surface area (TPSA) is 97.5 Å². The molecule has 0 heterocycles. The second-order valence-electron chi connectivity index (χ2n) is 3.93. The third-order valence-electron chi connectivity index (χ3n) is 3.03. The molecule has 17 heavy (non-hydrogen) atoms. The first kappa shape index (κ1) is 11.4. The van der Waals surface area contributed by atoms with Gasteiger partial charge in [-0.1, -0.05) is 24.3 Å². The molecule has 0 saturated heterocycles. The van der Waals surface area contributed by atoms with Crippen LogP contribution in [0.2, 0.25) is 0 Å². The van der Waals surface area contributed by atoms with Crippen molar-refractivity contribution >= 4 is 11.6 Å². The van der Waals surface area contributed by atoms with E-state index in [2.05, 4.69) is 0 Å². The fraction of sp³-hybridized carbons (Fsp3) is 0.273. The molecule has 1 aliphatic carbocycles. The average Bonchev–Trinajstić information content (AvgIpc) is 2.52. The highest BCUT2D eigenvalue weighted by atomic mass is 16.6. The molecule has 0 spiro atoms. The number of ketones is 2. The number of Topliss-reactive ketones (excluding diaryl/α,β-unsaturated/α-hetero) is 2. The van der Waals surface area contributed by atoms with Crippen molar-refractivity contribution in [2.75, 3.05) is 0 Å². The maximum absolute atomic E-state index is 11.9. The van der Waals surface area contributed by atoms with Crippen molar-refractivity contribution in [3.8, 4) is 0 Å². The number of benzene rings is 1. The molecule has 0 bridgehead atoms. The van der Waals surface area contributed by atoms with Crippen molar-refractivity contribution in [2.24, 2.45) is 0 Å². The van der Waals surface area contributed by atoms with E-state index >= 15 is 0 Å². The highest BCUT2D eigenvalue weighted by molar-refractivity contribution is 6.32. The SMILES string of the molecule is CC([N+](=O)[O-])C1(O)C(=O)c2ccccc2C1=O. The van der Waals surface area contributed by atoms with E-state index in [0.717, 1.165) is 6.92 Å². The van der Waals surface area contributed by atoms with Gasteiger partial charge in [0.15, 0.2) is 0 Å². The second-order valence-corrected chi connectivity index (χ2v) is 3.93. The van der Waals surface area contributed by atoms with Gasteiger partial charge in [0.25, 0.3) is 11.6 Å². The minimum atomic E-state index is -2.58. The zero-order valence-corrected chi connectivity index (χ0v) is 8.91. The van der Waals surface area contributed by atoms with Crippen LogP contribution in [-0.4, -0.2) is 33.2 Å². The van der Waals surface area contributed by atoms with E-state index in [-0.39, 0.29) is 11.1 Å². The van der Waals surface area contributed by atoms with Gasteiger partial charge in [0.05, 0.1) is 0 Å². The van der Waals surface area contributed by atoms with E-state index in [1.54, 1.807) is 0 Å². The molecule has 0 amide bonds. The number of nitrogens with zero attached hydrogens (tertiary/aromatic N) is 1.